The van der Waals surface area contributed by atoms with Crippen molar-refractivity contribution in [3.05, 3.63) is 46.7 Å². The van der Waals surface area contributed by atoms with Crippen LogP contribution in [0.1, 0.15) is 29.0 Å². The van der Waals surface area contributed by atoms with E-state index in [1.54, 1.807) is 12.1 Å². The quantitative estimate of drug-likeness (QED) is 0.292. The Bertz CT molecular complexity index is 1660. The second-order valence-electron chi connectivity index (χ2n) is 10.7. The number of fused-ring (bicyclic) bond motifs is 2. The van der Waals surface area contributed by atoms with Gasteiger partial charge in [0.25, 0.3) is 0 Å². The van der Waals surface area contributed by atoms with Crippen LogP contribution in [0.25, 0.3) is 21.1 Å². The van der Waals surface area contributed by atoms with Gasteiger partial charge in [-0.3, -0.25) is 9.69 Å². The lowest BCUT2D eigenvalue weighted by atomic mass is 10.0. The number of anilines is 1. The van der Waals surface area contributed by atoms with Gasteiger partial charge in [0.1, 0.15) is 41.1 Å². The van der Waals surface area contributed by atoms with E-state index in [4.69, 9.17) is 4.74 Å². The molecule has 0 aliphatic carbocycles. The highest BCUT2D eigenvalue weighted by molar-refractivity contribution is 7.18. The molecular formula is C28H28F3N7O3S. The standard InChI is InChI=1S/C28H28F3N7O3S/c29-28(30,31)9-21-7-22-26(34-15-35-27(22)42-21)36-18-1-3-37(4-2-18)12-17-5-16-6-19(10-32)38(23(16)8-24(17)39)13-20-11-33-25(40)14-41-20/h5-8,15,18,20,39H,1-4,9,11-14H2,(H,33,40)(H,34,35,36)/t20-/m1/s1. The first-order valence-electron chi connectivity index (χ1n) is 13.6. The summed E-state index contributed by atoms with van der Waals surface area (Å²) in [5.74, 6) is 0.517. The van der Waals surface area contributed by atoms with Crippen molar-refractivity contribution in [3.8, 4) is 11.8 Å². The molecule has 1 aromatic carbocycles. The molecular weight excluding hydrogens is 571 g/mol. The topological polar surface area (TPSA) is 128 Å². The number of hydrogen-bond acceptors (Lipinski definition) is 9. The maximum absolute atomic E-state index is 12.9. The number of likely N-dealkylation sites (tertiary alicyclic amines) is 1. The van der Waals surface area contributed by atoms with Gasteiger partial charge in [-0.2, -0.15) is 18.4 Å². The van der Waals surface area contributed by atoms with Gasteiger partial charge in [0.05, 0.1) is 30.0 Å². The number of piperidine rings is 1. The molecule has 0 spiro atoms. The number of halogens is 3. The number of nitrogens with one attached hydrogen (secondary N) is 2. The second kappa shape index (κ2) is 11.4. The highest BCUT2D eigenvalue weighted by atomic mass is 32.1. The number of nitriles is 1. The Labute approximate surface area is 242 Å². The predicted octanol–water partition coefficient (Wildman–Crippen LogP) is 3.92. The summed E-state index contributed by atoms with van der Waals surface area (Å²) in [4.78, 5) is 22.8. The van der Waals surface area contributed by atoms with Crippen LogP contribution in [0.15, 0.2) is 30.6 Å². The fraction of sp³-hybridized carbons (Fsp3) is 0.429. The van der Waals surface area contributed by atoms with E-state index < -0.39 is 12.6 Å². The molecule has 2 aliphatic heterocycles. The van der Waals surface area contributed by atoms with Crippen molar-refractivity contribution < 1.29 is 27.8 Å². The molecule has 0 saturated carbocycles. The number of nitrogens with zero attached hydrogens (tertiary/aromatic N) is 5. The van der Waals surface area contributed by atoms with Crippen LogP contribution in [-0.4, -0.2) is 75.0 Å². The molecule has 0 bridgehead atoms. The van der Waals surface area contributed by atoms with Crippen LogP contribution >= 0.6 is 11.3 Å². The van der Waals surface area contributed by atoms with E-state index in [1.807, 2.05) is 10.6 Å². The van der Waals surface area contributed by atoms with Crippen LogP contribution in [-0.2, 0) is 29.0 Å². The van der Waals surface area contributed by atoms with Gasteiger partial charge in [-0.25, -0.2) is 9.97 Å². The molecule has 2 aliphatic rings. The smallest absolute Gasteiger partial charge is 0.393 e. The van der Waals surface area contributed by atoms with Crippen LogP contribution in [0.2, 0.25) is 0 Å². The first-order chi connectivity index (χ1) is 20.1. The second-order valence-corrected chi connectivity index (χ2v) is 11.8. The van der Waals surface area contributed by atoms with Gasteiger partial charge in [0.2, 0.25) is 5.91 Å². The number of aromatic nitrogens is 3. The van der Waals surface area contributed by atoms with Crippen LogP contribution in [0.3, 0.4) is 0 Å². The summed E-state index contributed by atoms with van der Waals surface area (Å²) < 4.78 is 46.0. The number of morpholine rings is 1. The Morgan fingerprint density at radius 2 is 2.02 bits per heavy atom. The Kier molecular flexibility index (Phi) is 7.65. The molecule has 1 amide bonds. The molecule has 3 N–H and O–H groups in total. The fourth-order valence-electron chi connectivity index (χ4n) is 5.59. The number of hydrogen-bond donors (Lipinski definition) is 3. The van der Waals surface area contributed by atoms with Crippen molar-refractivity contribution in [2.45, 2.75) is 50.7 Å². The van der Waals surface area contributed by atoms with Crippen LogP contribution in [0, 0.1) is 11.3 Å². The number of rotatable bonds is 7. The lowest BCUT2D eigenvalue weighted by molar-refractivity contribution is -0.133. The average molecular weight is 600 g/mol. The van der Waals surface area contributed by atoms with E-state index in [0.717, 1.165) is 53.7 Å². The first-order valence-corrected chi connectivity index (χ1v) is 14.4. The minimum Gasteiger partial charge on any atom is -0.508 e. The molecule has 2 fully saturated rings. The van der Waals surface area contributed by atoms with E-state index >= 15 is 0 Å². The van der Waals surface area contributed by atoms with Gasteiger partial charge in [-0.1, -0.05) is 0 Å². The highest BCUT2D eigenvalue weighted by Gasteiger charge is 2.29. The van der Waals surface area contributed by atoms with Crippen molar-refractivity contribution in [2.24, 2.45) is 0 Å². The van der Waals surface area contributed by atoms with Crippen LogP contribution in [0.5, 0.6) is 5.75 Å². The van der Waals surface area contributed by atoms with Crippen LogP contribution < -0.4 is 10.6 Å². The van der Waals surface area contributed by atoms with Gasteiger partial charge < -0.3 is 25.0 Å². The SMILES string of the molecule is N#Cc1cc2cc(CN3CCC(Nc4ncnc5sc(CC(F)(F)F)cc45)CC3)c(O)cc2n1C[C@H]1CNC(=O)CO1. The number of ether oxygens (including phenoxy) is 1. The molecule has 10 nitrogen and oxygen atoms in total. The van der Waals surface area contributed by atoms with Gasteiger partial charge in [-0.15, -0.1) is 11.3 Å². The van der Waals surface area contributed by atoms with Gasteiger partial charge >= 0.3 is 6.18 Å². The van der Waals surface area contributed by atoms with Gasteiger partial charge in [0.15, 0.2) is 0 Å². The molecule has 2 saturated heterocycles. The van der Waals surface area contributed by atoms with Gasteiger partial charge in [0, 0.05) is 54.1 Å². The fourth-order valence-corrected chi connectivity index (χ4v) is 6.61. The Hall–Kier alpha value is -3.93. The number of alkyl halides is 3. The Morgan fingerprint density at radius 3 is 2.74 bits per heavy atom. The number of benzene rings is 1. The monoisotopic (exact) mass is 599 g/mol. The normalized spacial score (nSPS) is 18.8. The summed E-state index contributed by atoms with van der Waals surface area (Å²) in [7, 11) is 0. The largest absolute Gasteiger partial charge is 0.508 e. The third kappa shape index (κ3) is 6.13. The maximum atomic E-state index is 12.9. The third-order valence-corrected chi connectivity index (χ3v) is 8.70. The zero-order valence-electron chi connectivity index (χ0n) is 22.4. The number of thiophene rings is 1. The molecule has 220 valence electrons. The molecule has 14 heteroatoms. The Morgan fingerprint density at radius 1 is 1.21 bits per heavy atom. The van der Waals surface area contributed by atoms with E-state index in [9.17, 15) is 28.3 Å². The van der Waals surface area contributed by atoms with Crippen molar-refractivity contribution >= 4 is 44.2 Å². The van der Waals surface area contributed by atoms with Crippen molar-refractivity contribution in [2.75, 3.05) is 31.6 Å². The molecule has 5 heterocycles. The number of carbonyl (C=O) groups excluding carboxylic acids is 1. The van der Waals surface area contributed by atoms with Gasteiger partial charge in [-0.05, 0) is 31.0 Å². The summed E-state index contributed by atoms with van der Waals surface area (Å²) in [6.07, 6.45) is -2.58. The van der Waals surface area contributed by atoms with Crippen LogP contribution in [0.4, 0.5) is 19.0 Å². The summed E-state index contributed by atoms with van der Waals surface area (Å²) in [5, 5.41) is 28.2. The zero-order valence-corrected chi connectivity index (χ0v) is 23.3. The lowest BCUT2D eigenvalue weighted by Crippen LogP contribution is -2.44. The van der Waals surface area contributed by atoms with Crippen molar-refractivity contribution in [1.82, 2.24) is 24.8 Å². The van der Waals surface area contributed by atoms with E-state index in [2.05, 4.69) is 31.6 Å². The maximum Gasteiger partial charge on any atom is 0.393 e. The predicted molar refractivity (Wildman–Crippen MR) is 150 cm³/mol. The van der Waals surface area contributed by atoms with E-state index in [0.29, 0.717) is 41.4 Å². The number of phenols is 1. The molecule has 0 unspecified atom stereocenters. The minimum absolute atomic E-state index is 0.0202. The lowest BCUT2D eigenvalue weighted by Gasteiger charge is -2.32. The number of carbonyl (C=O) groups is 1. The summed E-state index contributed by atoms with van der Waals surface area (Å²) in [6.45, 7) is 2.74. The molecule has 0 radical (unpaired) electrons. The van der Waals surface area contributed by atoms with Crippen molar-refractivity contribution in [3.63, 3.8) is 0 Å². The molecule has 4 aromatic rings. The average Bonchev–Trinajstić information content (AvgIpc) is 3.51. The zero-order chi connectivity index (χ0) is 29.4. The number of aromatic hydroxyl groups is 1. The summed E-state index contributed by atoms with van der Waals surface area (Å²) in [6, 6.07) is 9.21. The molecule has 1 atom stereocenters. The van der Waals surface area contributed by atoms with E-state index in [-0.39, 0.29) is 35.3 Å². The van der Waals surface area contributed by atoms with E-state index in [1.165, 1.54) is 12.4 Å². The Balaban J connectivity index is 1.10. The van der Waals surface area contributed by atoms with Crippen molar-refractivity contribution in [1.29, 1.82) is 5.26 Å². The first kappa shape index (κ1) is 28.2. The summed E-state index contributed by atoms with van der Waals surface area (Å²) >= 11 is 1.03. The molecule has 6 rings (SSSR count). The summed E-state index contributed by atoms with van der Waals surface area (Å²) in [5.41, 5.74) is 1.92. The number of phenolic OH excluding ortho intramolecular Hbond substituents is 1. The molecule has 42 heavy (non-hydrogen) atoms. The third-order valence-electron chi connectivity index (χ3n) is 7.66. The molecule has 3 aromatic heterocycles. The number of amides is 1. The highest BCUT2D eigenvalue weighted by Crippen LogP contribution is 2.34. The minimum atomic E-state index is -4.28.